The third-order valence-electron chi connectivity index (χ3n) is 4.19. The molecule has 7 nitrogen and oxygen atoms in total. The molecule has 1 heterocycles. The molecule has 1 aliphatic heterocycles. The number of nitrogens with one attached hydrogen (secondary N) is 1. The molecule has 1 saturated heterocycles. The minimum atomic E-state index is -3.77. The van der Waals surface area contributed by atoms with Crippen molar-refractivity contribution in [2.75, 3.05) is 25.1 Å². The molecule has 1 aliphatic rings. The van der Waals surface area contributed by atoms with Crippen molar-refractivity contribution in [3.63, 3.8) is 0 Å². The van der Waals surface area contributed by atoms with E-state index in [4.69, 9.17) is 9.47 Å². The second-order valence-corrected chi connectivity index (χ2v) is 7.84. The first kappa shape index (κ1) is 19.1. The Morgan fingerprint density at radius 1 is 1.26 bits per heavy atom. The van der Waals surface area contributed by atoms with Crippen LogP contribution in [0.25, 0.3) is 0 Å². The Morgan fingerprint density at radius 3 is 2.59 bits per heavy atom. The third kappa shape index (κ3) is 4.20. The summed E-state index contributed by atoms with van der Waals surface area (Å²) in [6.07, 6.45) is -1.26. The van der Waals surface area contributed by atoms with Crippen molar-refractivity contribution in [3.8, 4) is 5.75 Å². The fourth-order valence-electron chi connectivity index (χ4n) is 2.76. The molecule has 27 heavy (non-hydrogen) atoms. The predicted octanol–water partition coefficient (Wildman–Crippen LogP) is 2.45. The van der Waals surface area contributed by atoms with Crippen molar-refractivity contribution in [1.29, 1.82) is 0 Å². The van der Waals surface area contributed by atoms with Crippen LogP contribution in [0.2, 0.25) is 0 Å². The summed E-state index contributed by atoms with van der Waals surface area (Å²) in [5.74, 6) is 0.180. The molecule has 1 unspecified atom stereocenters. The van der Waals surface area contributed by atoms with E-state index in [1.807, 2.05) is 0 Å². The van der Waals surface area contributed by atoms with E-state index in [2.05, 4.69) is 4.72 Å². The predicted molar refractivity (Wildman–Crippen MR) is 96.9 cm³/mol. The molecule has 2 aromatic carbocycles. The van der Waals surface area contributed by atoms with Gasteiger partial charge in [0, 0.05) is 12.2 Å². The second kappa shape index (κ2) is 7.53. The topological polar surface area (TPSA) is 84.9 Å². The van der Waals surface area contributed by atoms with E-state index >= 15 is 0 Å². The number of amides is 1. The molecule has 0 radical (unpaired) electrons. The molecular formula is C18H19FN2O5S. The van der Waals surface area contributed by atoms with Crippen LogP contribution in [-0.2, 0) is 14.8 Å². The van der Waals surface area contributed by atoms with E-state index in [9.17, 15) is 17.6 Å². The van der Waals surface area contributed by atoms with Gasteiger partial charge in [-0.3, -0.25) is 4.90 Å². The number of carbonyl (C=O) groups is 1. The molecule has 2 aromatic rings. The van der Waals surface area contributed by atoms with Crippen molar-refractivity contribution >= 4 is 21.8 Å². The van der Waals surface area contributed by atoms with E-state index in [0.29, 0.717) is 17.0 Å². The van der Waals surface area contributed by atoms with E-state index in [0.717, 1.165) is 0 Å². The summed E-state index contributed by atoms with van der Waals surface area (Å²) in [6.45, 7) is 1.84. The molecule has 0 aliphatic carbocycles. The minimum Gasteiger partial charge on any atom is -0.496 e. The molecule has 0 spiro atoms. The summed E-state index contributed by atoms with van der Waals surface area (Å²) < 4.78 is 50.7. The van der Waals surface area contributed by atoms with Gasteiger partial charge in [0.2, 0.25) is 10.0 Å². The first-order valence-corrected chi connectivity index (χ1v) is 9.66. The minimum absolute atomic E-state index is 0.0726. The van der Waals surface area contributed by atoms with Crippen LogP contribution in [0.15, 0.2) is 47.4 Å². The molecule has 144 valence electrons. The molecule has 0 bridgehead atoms. The summed E-state index contributed by atoms with van der Waals surface area (Å²) in [5.41, 5.74) is 1.17. The zero-order chi connectivity index (χ0) is 19.6. The summed E-state index contributed by atoms with van der Waals surface area (Å²) in [6, 6.07) is 9.93. The van der Waals surface area contributed by atoms with Gasteiger partial charge < -0.3 is 9.47 Å². The van der Waals surface area contributed by atoms with Gasteiger partial charge in [-0.2, -0.15) is 0 Å². The maximum absolute atomic E-state index is 13.0. The quantitative estimate of drug-likeness (QED) is 0.814. The number of halogens is 1. The maximum atomic E-state index is 13.0. The molecule has 0 saturated carbocycles. The Labute approximate surface area is 156 Å². The molecule has 1 fully saturated rings. The van der Waals surface area contributed by atoms with Crippen LogP contribution in [0.5, 0.6) is 5.75 Å². The highest BCUT2D eigenvalue weighted by molar-refractivity contribution is 7.89. The number of sulfonamides is 1. The van der Waals surface area contributed by atoms with Gasteiger partial charge in [0.15, 0.2) is 0 Å². The van der Waals surface area contributed by atoms with Crippen molar-refractivity contribution in [2.24, 2.45) is 0 Å². The first-order valence-electron chi connectivity index (χ1n) is 8.18. The van der Waals surface area contributed by atoms with Gasteiger partial charge in [-0.1, -0.05) is 0 Å². The molecule has 9 heteroatoms. The fraction of sp³-hybridized carbons (Fsp3) is 0.278. The summed E-state index contributed by atoms with van der Waals surface area (Å²) in [5, 5.41) is 0. The van der Waals surface area contributed by atoms with E-state index in [1.165, 1.54) is 48.4 Å². The Bertz CT molecular complexity index is 947. The third-order valence-corrected chi connectivity index (χ3v) is 5.61. The van der Waals surface area contributed by atoms with Crippen molar-refractivity contribution in [3.05, 3.63) is 53.8 Å². The van der Waals surface area contributed by atoms with Crippen LogP contribution in [0, 0.1) is 12.7 Å². The molecule has 0 aromatic heterocycles. The highest BCUT2D eigenvalue weighted by atomic mass is 32.2. The van der Waals surface area contributed by atoms with Crippen LogP contribution in [0.1, 0.15) is 5.56 Å². The number of nitrogens with zero attached hydrogens (tertiary/aromatic N) is 1. The van der Waals surface area contributed by atoms with Crippen LogP contribution in [0.4, 0.5) is 14.9 Å². The lowest BCUT2D eigenvalue weighted by atomic mass is 10.2. The molecular weight excluding hydrogens is 375 g/mol. The van der Waals surface area contributed by atoms with Gasteiger partial charge in [-0.25, -0.2) is 22.3 Å². The molecule has 1 atom stereocenters. The number of hydrogen-bond acceptors (Lipinski definition) is 5. The highest BCUT2D eigenvalue weighted by Crippen LogP contribution is 2.23. The number of carbonyl (C=O) groups excluding carboxylic acids is 1. The number of benzene rings is 2. The van der Waals surface area contributed by atoms with Gasteiger partial charge in [-0.15, -0.1) is 0 Å². The molecule has 1 amide bonds. The number of cyclic esters (lactones) is 1. The monoisotopic (exact) mass is 394 g/mol. The Hall–Kier alpha value is -2.65. The zero-order valence-electron chi connectivity index (χ0n) is 14.8. The first-order chi connectivity index (χ1) is 12.8. The Kier molecular flexibility index (Phi) is 5.33. The summed E-state index contributed by atoms with van der Waals surface area (Å²) >= 11 is 0. The maximum Gasteiger partial charge on any atom is 0.414 e. The largest absolute Gasteiger partial charge is 0.496 e. The van der Waals surface area contributed by atoms with Gasteiger partial charge in [0.1, 0.15) is 17.7 Å². The van der Waals surface area contributed by atoms with Gasteiger partial charge >= 0.3 is 6.09 Å². The van der Waals surface area contributed by atoms with Gasteiger partial charge in [-0.05, 0) is 55.0 Å². The van der Waals surface area contributed by atoms with Crippen molar-refractivity contribution < 1.29 is 27.1 Å². The van der Waals surface area contributed by atoms with Gasteiger partial charge in [0.05, 0.1) is 18.6 Å². The summed E-state index contributed by atoms with van der Waals surface area (Å²) in [7, 11) is -2.26. The van der Waals surface area contributed by atoms with Crippen LogP contribution in [0.3, 0.4) is 0 Å². The average molecular weight is 394 g/mol. The normalized spacial score (nSPS) is 17.1. The highest BCUT2D eigenvalue weighted by Gasteiger charge is 2.33. The number of anilines is 1. The Balaban J connectivity index is 1.65. The lowest BCUT2D eigenvalue weighted by molar-refractivity contribution is 0.143. The van der Waals surface area contributed by atoms with Crippen molar-refractivity contribution in [2.45, 2.75) is 17.9 Å². The van der Waals surface area contributed by atoms with Crippen molar-refractivity contribution in [1.82, 2.24) is 4.72 Å². The van der Waals surface area contributed by atoms with Crippen LogP contribution < -0.4 is 14.4 Å². The van der Waals surface area contributed by atoms with Crippen LogP contribution in [-0.4, -0.2) is 40.8 Å². The zero-order valence-corrected chi connectivity index (χ0v) is 15.6. The van der Waals surface area contributed by atoms with Gasteiger partial charge in [0.25, 0.3) is 0 Å². The SMILES string of the molecule is COc1ccc(S(=O)(=O)NCC2CN(c3ccc(F)cc3)C(=O)O2)cc1C. The number of hydrogen-bond donors (Lipinski definition) is 1. The lowest BCUT2D eigenvalue weighted by Crippen LogP contribution is -2.34. The lowest BCUT2D eigenvalue weighted by Gasteiger charge is -2.13. The van der Waals surface area contributed by atoms with Crippen LogP contribution >= 0.6 is 0 Å². The van der Waals surface area contributed by atoms with E-state index < -0.39 is 28.0 Å². The number of aryl methyl sites for hydroxylation is 1. The standard InChI is InChI=1S/C18H19FN2O5S/c1-12-9-16(7-8-17(12)25-2)27(23,24)20-10-15-11-21(18(22)26-15)14-5-3-13(19)4-6-14/h3-9,15,20H,10-11H2,1-2H3. The number of rotatable bonds is 6. The van der Waals surface area contributed by atoms with E-state index in [-0.39, 0.29) is 18.0 Å². The summed E-state index contributed by atoms with van der Waals surface area (Å²) in [4.78, 5) is 13.4. The molecule has 3 rings (SSSR count). The van der Waals surface area contributed by atoms with E-state index in [1.54, 1.807) is 13.0 Å². The Morgan fingerprint density at radius 2 is 1.96 bits per heavy atom. The second-order valence-electron chi connectivity index (χ2n) is 6.08. The smallest absolute Gasteiger partial charge is 0.414 e. The molecule has 1 N–H and O–H groups in total. The fourth-order valence-corrected chi connectivity index (χ4v) is 3.91. The number of ether oxygens (including phenoxy) is 2. The average Bonchev–Trinajstić information content (AvgIpc) is 3.01. The number of methoxy groups -OCH3 is 1.